The lowest BCUT2D eigenvalue weighted by Crippen LogP contribution is -2.00. The molecule has 74 valence electrons. The molecule has 12 heavy (non-hydrogen) atoms. The summed E-state index contributed by atoms with van der Waals surface area (Å²) < 4.78 is 12.2. The van der Waals surface area contributed by atoms with E-state index in [4.69, 9.17) is 0 Å². The summed E-state index contributed by atoms with van der Waals surface area (Å²) in [5, 5.41) is 0. The molecule has 0 saturated heterocycles. The zero-order valence-corrected chi connectivity index (χ0v) is 8.61. The molecule has 0 spiro atoms. The van der Waals surface area contributed by atoms with Crippen molar-refractivity contribution in [2.75, 3.05) is 6.67 Å². The van der Waals surface area contributed by atoms with Gasteiger partial charge in [0, 0.05) is 0 Å². The molecule has 0 rings (SSSR count). The van der Waals surface area contributed by atoms with E-state index in [0.717, 1.165) is 12.8 Å². The van der Waals surface area contributed by atoms with Crippen molar-refractivity contribution in [2.45, 2.75) is 58.8 Å². The van der Waals surface area contributed by atoms with Crippen LogP contribution in [0.4, 0.5) is 4.39 Å². The Morgan fingerprint density at radius 2 is 1.67 bits per heavy atom. The Morgan fingerprint density at radius 3 is 2.17 bits per heavy atom. The maximum Gasteiger partial charge on any atom is 0.0922 e. The van der Waals surface area contributed by atoms with Gasteiger partial charge in [0.05, 0.1) is 6.67 Å². The van der Waals surface area contributed by atoms with Gasteiger partial charge in [0.2, 0.25) is 0 Å². The van der Waals surface area contributed by atoms with Gasteiger partial charge in [0.25, 0.3) is 0 Å². The molecule has 0 aliphatic rings. The van der Waals surface area contributed by atoms with Gasteiger partial charge in [-0.15, -0.1) is 0 Å². The first-order valence-corrected chi connectivity index (χ1v) is 5.41. The summed E-state index contributed by atoms with van der Waals surface area (Å²) in [5.74, 6) is 0.339. The molecule has 0 aromatic rings. The average Bonchev–Trinajstić information content (AvgIpc) is 2.11. The van der Waals surface area contributed by atoms with Crippen LogP contribution in [0, 0.1) is 5.92 Å². The summed E-state index contributed by atoms with van der Waals surface area (Å²) >= 11 is 0. The zero-order chi connectivity index (χ0) is 9.23. The van der Waals surface area contributed by atoms with Crippen molar-refractivity contribution in [1.82, 2.24) is 0 Å². The summed E-state index contributed by atoms with van der Waals surface area (Å²) in [4.78, 5) is 0. The van der Waals surface area contributed by atoms with Crippen LogP contribution in [0.15, 0.2) is 0 Å². The van der Waals surface area contributed by atoms with Crippen molar-refractivity contribution in [3.63, 3.8) is 0 Å². The van der Waals surface area contributed by atoms with Crippen LogP contribution in [-0.4, -0.2) is 6.67 Å². The van der Waals surface area contributed by atoms with E-state index in [1.165, 1.54) is 32.1 Å². The standard InChI is InChI=1S/C11H23F/c1-3-5-6-7-8-9-11(4-2)10-12/h11H,3-10H2,1-2H3/t11-/m1/s1. The van der Waals surface area contributed by atoms with Gasteiger partial charge in [-0.3, -0.25) is 4.39 Å². The van der Waals surface area contributed by atoms with Gasteiger partial charge in [0.1, 0.15) is 0 Å². The van der Waals surface area contributed by atoms with Crippen molar-refractivity contribution in [3.8, 4) is 0 Å². The number of unbranched alkanes of at least 4 members (excludes halogenated alkanes) is 4. The molecule has 0 bridgehead atoms. The van der Waals surface area contributed by atoms with Crippen molar-refractivity contribution in [1.29, 1.82) is 0 Å². The van der Waals surface area contributed by atoms with E-state index in [9.17, 15) is 4.39 Å². The molecule has 0 saturated carbocycles. The van der Waals surface area contributed by atoms with Crippen LogP contribution >= 0.6 is 0 Å². The molecule has 0 aromatic heterocycles. The van der Waals surface area contributed by atoms with E-state index >= 15 is 0 Å². The monoisotopic (exact) mass is 174 g/mol. The first-order valence-electron chi connectivity index (χ1n) is 5.41. The molecule has 0 N–H and O–H groups in total. The van der Waals surface area contributed by atoms with Crippen LogP contribution in [-0.2, 0) is 0 Å². The summed E-state index contributed by atoms with van der Waals surface area (Å²) in [6, 6.07) is 0. The fraction of sp³-hybridized carbons (Fsp3) is 1.00. The minimum Gasteiger partial charge on any atom is -0.251 e. The first-order chi connectivity index (χ1) is 5.85. The highest BCUT2D eigenvalue weighted by molar-refractivity contribution is 4.55. The van der Waals surface area contributed by atoms with Gasteiger partial charge in [-0.25, -0.2) is 0 Å². The predicted molar refractivity (Wildman–Crippen MR) is 53.1 cm³/mol. The second-order valence-corrected chi connectivity index (χ2v) is 3.63. The molecule has 0 aromatic carbocycles. The molecular weight excluding hydrogens is 151 g/mol. The smallest absolute Gasteiger partial charge is 0.0922 e. The van der Waals surface area contributed by atoms with Gasteiger partial charge in [0.15, 0.2) is 0 Å². The quantitative estimate of drug-likeness (QED) is 0.480. The molecule has 0 amide bonds. The molecule has 0 fully saturated rings. The van der Waals surface area contributed by atoms with E-state index in [0.29, 0.717) is 5.92 Å². The lowest BCUT2D eigenvalue weighted by atomic mass is 9.99. The Hall–Kier alpha value is -0.0700. The number of alkyl halides is 1. The van der Waals surface area contributed by atoms with E-state index in [1.54, 1.807) is 0 Å². The van der Waals surface area contributed by atoms with Crippen LogP contribution in [0.2, 0.25) is 0 Å². The van der Waals surface area contributed by atoms with Gasteiger partial charge in [-0.1, -0.05) is 52.4 Å². The number of hydrogen-bond acceptors (Lipinski definition) is 0. The molecule has 0 aliphatic carbocycles. The third-order valence-electron chi connectivity index (χ3n) is 2.51. The molecule has 0 nitrogen and oxygen atoms in total. The summed E-state index contributed by atoms with van der Waals surface area (Å²) in [6.45, 7) is 4.18. The summed E-state index contributed by atoms with van der Waals surface area (Å²) in [5.41, 5.74) is 0. The maximum absolute atomic E-state index is 12.2. The summed E-state index contributed by atoms with van der Waals surface area (Å²) in [6.07, 6.45) is 8.58. The van der Waals surface area contributed by atoms with Crippen LogP contribution < -0.4 is 0 Å². The Kier molecular flexibility index (Phi) is 8.97. The van der Waals surface area contributed by atoms with Gasteiger partial charge in [-0.2, -0.15) is 0 Å². The minimum absolute atomic E-state index is 0.121. The van der Waals surface area contributed by atoms with Crippen molar-refractivity contribution in [2.24, 2.45) is 5.92 Å². The van der Waals surface area contributed by atoms with Crippen molar-refractivity contribution in [3.05, 3.63) is 0 Å². The Bertz CT molecular complexity index is 77.1. The second-order valence-electron chi connectivity index (χ2n) is 3.63. The SMILES string of the molecule is CCCCCCC[C@@H](CC)CF. The number of rotatable bonds is 8. The molecule has 1 heteroatoms. The maximum atomic E-state index is 12.2. The van der Waals surface area contributed by atoms with Gasteiger partial charge in [-0.05, 0) is 12.3 Å². The number of hydrogen-bond donors (Lipinski definition) is 0. The zero-order valence-electron chi connectivity index (χ0n) is 8.61. The van der Waals surface area contributed by atoms with Gasteiger partial charge < -0.3 is 0 Å². The minimum atomic E-state index is -0.121. The highest BCUT2D eigenvalue weighted by Crippen LogP contribution is 2.14. The van der Waals surface area contributed by atoms with Crippen molar-refractivity contribution < 1.29 is 4.39 Å². The van der Waals surface area contributed by atoms with E-state index < -0.39 is 0 Å². The van der Waals surface area contributed by atoms with E-state index in [-0.39, 0.29) is 6.67 Å². The van der Waals surface area contributed by atoms with Crippen molar-refractivity contribution >= 4 is 0 Å². The van der Waals surface area contributed by atoms with E-state index in [1.807, 2.05) is 0 Å². The average molecular weight is 174 g/mol. The second kappa shape index (κ2) is 9.02. The largest absolute Gasteiger partial charge is 0.251 e. The molecule has 0 radical (unpaired) electrons. The fourth-order valence-electron chi connectivity index (χ4n) is 1.43. The Morgan fingerprint density at radius 1 is 1.00 bits per heavy atom. The lowest BCUT2D eigenvalue weighted by Gasteiger charge is -2.08. The van der Waals surface area contributed by atoms with Crippen LogP contribution in [0.25, 0.3) is 0 Å². The normalized spacial score (nSPS) is 13.2. The molecule has 0 heterocycles. The highest BCUT2D eigenvalue weighted by atomic mass is 19.1. The highest BCUT2D eigenvalue weighted by Gasteiger charge is 2.03. The third kappa shape index (κ3) is 6.63. The molecule has 1 atom stereocenters. The fourth-order valence-corrected chi connectivity index (χ4v) is 1.43. The number of halogens is 1. The third-order valence-corrected chi connectivity index (χ3v) is 2.51. The predicted octanol–water partition coefficient (Wildman–Crippen LogP) is 4.34. The molecule has 0 aliphatic heterocycles. The van der Waals surface area contributed by atoms with Crippen LogP contribution in [0.3, 0.4) is 0 Å². The Labute approximate surface area is 76.6 Å². The van der Waals surface area contributed by atoms with Gasteiger partial charge >= 0.3 is 0 Å². The topological polar surface area (TPSA) is 0 Å². The Balaban J connectivity index is 3.06. The molecule has 0 unspecified atom stereocenters. The first kappa shape index (κ1) is 11.9. The van der Waals surface area contributed by atoms with Crippen LogP contribution in [0.5, 0.6) is 0 Å². The van der Waals surface area contributed by atoms with Crippen LogP contribution in [0.1, 0.15) is 58.8 Å². The van der Waals surface area contributed by atoms with E-state index in [2.05, 4.69) is 13.8 Å². The summed E-state index contributed by atoms with van der Waals surface area (Å²) in [7, 11) is 0. The molecular formula is C11H23F. The lowest BCUT2D eigenvalue weighted by molar-refractivity contribution is 0.326.